The van der Waals surface area contributed by atoms with Crippen molar-refractivity contribution >= 4 is 5.91 Å². The van der Waals surface area contributed by atoms with Crippen LogP contribution in [-0.2, 0) is 9.53 Å². The third-order valence-corrected chi connectivity index (χ3v) is 4.31. The van der Waals surface area contributed by atoms with Crippen LogP contribution in [0.1, 0.15) is 39.0 Å². The summed E-state index contributed by atoms with van der Waals surface area (Å²) in [6.45, 7) is 3.83. The first kappa shape index (κ1) is 14.8. The fourth-order valence-corrected chi connectivity index (χ4v) is 3.05. The first-order valence-electron chi connectivity index (χ1n) is 7.47. The second-order valence-electron chi connectivity index (χ2n) is 5.67. The van der Waals surface area contributed by atoms with Crippen LogP contribution in [0.3, 0.4) is 0 Å². The average molecular weight is 270 g/mol. The van der Waals surface area contributed by atoms with Crippen molar-refractivity contribution in [1.82, 2.24) is 10.2 Å². The van der Waals surface area contributed by atoms with E-state index < -0.39 is 0 Å². The minimum Gasteiger partial charge on any atom is -0.395 e. The number of hydrogen-bond donors (Lipinski definition) is 2. The number of morpholine rings is 1. The van der Waals surface area contributed by atoms with Gasteiger partial charge in [-0.25, -0.2) is 0 Å². The summed E-state index contributed by atoms with van der Waals surface area (Å²) < 4.78 is 5.35. The van der Waals surface area contributed by atoms with Crippen molar-refractivity contribution < 1.29 is 14.6 Å². The van der Waals surface area contributed by atoms with Gasteiger partial charge in [-0.1, -0.05) is 19.3 Å². The van der Waals surface area contributed by atoms with Crippen LogP contribution in [0, 0.1) is 0 Å². The lowest BCUT2D eigenvalue weighted by atomic mass is 9.95. The molecule has 0 aromatic carbocycles. The number of rotatable bonds is 4. The largest absolute Gasteiger partial charge is 0.395 e. The second kappa shape index (κ2) is 7.22. The van der Waals surface area contributed by atoms with E-state index in [0.29, 0.717) is 25.8 Å². The summed E-state index contributed by atoms with van der Waals surface area (Å²) in [5.74, 6) is 0.0900. The van der Waals surface area contributed by atoms with Crippen molar-refractivity contribution in [3.8, 4) is 0 Å². The number of ether oxygens (including phenoxy) is 1. The van der Waals surface area contributed by atoms with Crippen LogP contribution >= 0.6 is 0 Å². The number of nitrogens with one attached hydrogen (secondary N) is 1. The Kier molecular flexibility index (Phi) is 5.60. The Morgan fingerprint density at radius 3 is 2.84 bits per heavy atom. The van der Waals surface area contributed by atoms with Crippen molar-refractivity contribution in [2.75, 3.05) is 26.4 Å². The molecule has 1 amide bonds. The van der Waals surface area contributed by atoms with Gasteiger partial charge in [0.25, 0.3) is 0 Å². The molecule has 0 bridgehead atoms. The molecule has 2 unspecified atom stereocenters. The van der Waals surface area contributed by atoms with Crippen molar-refractivity contribution in [3.63, 3.8) is 0 Å². The molecule has 19 heavy (non-hydrogen) atoms. The molecule has 110 valence electrons. The molecule has 2 rings (SSSR count). The zero-order valence-electron chi connectivity index (χ0n) is 11.8. The van der Waals surface area contributed by atoms with Gasteiger partial charge in [0.2, 0.25) is 5.91 Å². The highest BCUT2D eigenvalue weighted by Gasteiger charge is 2.31. The number of hydrogen-bond acceptors (Lipinski definition) is 4. The van der Waals surface area contributed by atoms with Gasteiger partial charge >= 0.3 is 0 Å². The standard InChI is InChI=1S/C14H26N2O3/c1-11(16-7-8-19-10-13(16)9-17)14(18)15-12-5-3-2-4-6-12/h11-13,17H,2-10H2,1H3,(H,15,18). The van der Waals surface area contributed by atoms with Crippen molar-refractivity contribution in [3.05, 3.63) is 0 Å². The van der Waals surface area contributed by atoms with Gasteiger partial charge in [0, 0.05) is 12.6 Å². The fraction of sp³-hybridized carbons (Fsp3) is 0.929. The number of amides is 1. The van der Waals surface area contributed by atoms with Crippen LogP contribution in [0.4, 0.5) is 0 Å². The van der Waals surface area contributed by atoms with E-state index in [9.17, 15) is 9.90 Å². The van der Waals surface area contributed by atoms with Crippen molar-refractivity contribution in [1.29, 1.82) is 0 Å². The summed E-state index contributed by atoms with van der Waals surface area (Å²) in [6, 6.07) is 0.0983. The van der Waals surface area contributed by atoms with Gasteiger partial charge < -0.3 is 15.2 Å². The third-order valence-electron chi connectivity index (χ3n) is 4.31. The highest BCUT2D eigenvalue weighted by molar-refractivity contribution is 5.81. The first-order chi connectivity index (χ1) is 9.22. The maximum atomic E-state index is 12.3. The Bertz CT molecular complexity index is 292. The van der Waals surface area contributed by atoms with E-state index in [1.807, 2.05) is 6.92 Å². The molecule has 0 spiro atoms. The lowest BCUT2D eigenvalue weighted by Crippen LogP contribution is -2.57. The number of aliphatic hydroxyl groups is 1. The van der Waals surface area contributed by atoms with Gasteiger partial charge in [-0.2, -0.15) is 0 Å². The molecule has 1 heterocycles. The molecular formula is C14H26N2O3. The minimum atomic E-state index is -0.192. The molecule has 0 radical (unpaired) electrons. The van der Waals surface area contributed by atoms with E-state index in [2.05, 4.69) is 10.2 Å². The van der Waals surface area contributed by atoms with Crippen LogP contribution < -0.4 is 5.32 Å². The molecule has 2 atom stereocenters. The number of carbonyl (C=O) groups is 1. The van der Waals surface area contributed by atoms with Gasteiger partial charge in [-0.3, -0.25) is 9.69 Å². The van der Waals surface area contributed by atoms with E-state index in [0.717, 1.165) is 12.8 Å². The molecule has 0 aromatic rings. The van der Waals surface area contributed by atoms with Gasteiger partial charge in [0.15, 0.2) is 0 Å². The Hall–Kier alpha value is -0.650. The highest BCUT2D eigenvalue weighted by Crippen LogP contribution is 2.18. The van der Waals surface area contributed by atoms with E-state index >= 15 is 0 Å². The molecule has 0 aromatic heterocycles. The SMILES string of the molecule is CC(C(=O)NC1CCCCC1)N1CCOCC1CO. The average Bonchev–Trinajstić information content (AvgIpc) is 2.47. The number of carbonyl (C=O) groups excluding carboxylic acids is 1. The first-order valence-corrected chi connectivity index (χ1v) is 7.47. The predicted octanol–water partition coefficient (Wildman–Crippen LogP) is 0.517. The highest BCUT2D eigenvalue weighted by atomic mass is 16.5. The molecule has 2 aliphatic rings. The number of nitrogens with zero attached hydrogens (tertiary/aromatic N) is 1. The van der Waals surface area contributed by atoms with E-state index in [1.54, 1.807) is 0 Å². The number of aliphatic hydroxyl groups excluding tert-OH is 1. The molecule has 2 N–H and O–H groups in total. The Morgan fingerprint density at radius 1 is 1.42 bits per heavy atom. The van der Waals surface area contributed by atoms with E-state index in [4.69, 9.17) is 4.74 Å². The molecule has 5 heteroatoms. The van der Waals surface area contributed by atoms with Crippen molar-refractivity contribution in [2.45, 2.75) is 57.2 Å². The van der Waals surface area contributed by atoms with Crippen LogP contribution in [0.25, 0.3) is 0 Å². The topological polar surface area (TPSA) is 61.8 Å². The third kappa shape index (κ3) is 3.91. The van der Waals surface area contributed by atoms with Crippen LogP contribution in [-0.4, -0.2) is 60.4 Å². The van der Waals surface area contributed by atoms with Gasteiger partial charge in [-0.15, -0.1) is 0 Å². The van der Waals surface area contributed by atoms with Crippen LogP contribution in [0.5, 0.6) is 0 Å². The summed E-state index contributed by atoms with van der Waals surface area (Å²) in [5.41, 5.74) is 0. The normalized spacial score (nSPS) is 28.0. The molecular weight excluding hydrogens is 244 g/mol. The van der Waals surface area contributed by atoms with Gasteiger partial charge in [0.05, 0.1) is 31.9 Å². The molecule has 1 saturated heterocycles. The lowest BCUT2D eigenvalue weighted by Gasteiger charge is -2.38. The Morgan fingerprint density at radius 2 is 2.16 bits per heavy atom. The molecule has 1 aliphatic carbocycles. The zero-order chi connectivity index (χ0) is 13.7. The predicted molar refractivity (Wildman–Crippen MR) is 72.9 cm³/mol. The Balaban J connectivity index is 1.86. The summed E-state index contributed by atoms with van der Waals surface area (Å²) in [5, 5.41) is 12.5. The summed E-state index contributed by atoms with van der Waals surface area (Å²) >= 11 is 0. The molecule has 2 fully saturated rings. The Labute approximate surface area is 115 Å². The zero-order valence-corrected chi connectivity index (χ0v) is 11.8. The summed E-state index contributed by atoms with van der Waals surface area (Å²) in [4.78, 5) is 14.4. The van der Waals surface area contributed by atoms with Crippen LogP contribution in [0.15, 0.2) is 0 Å². The lowest BCUT2D eigenvalue weighted by molar-refractivity contribution is -0.131. The van der Waals surface area contributed by atoms with Gasteiger partial charge in [0.1, 0.15) is 0 Å². The van der Waals surface area contributed by atoms with E-state index in [-0.39, 0.29) is 24.6 Å². The van der Waals surface area contributed by atoms with Crippen molar-refractivity contribution in [2.24, 2.45) is 0 Å². The van der Waals surface area contributed by atoms with Gasteiger partial charge in [-0.05, 0) is 19.8 Å². The smallest absolute Gasteiger partial charge is 0.237 e. The van der Waals surface area contributed by atoms with Crippen LogP contribution in [0.2, 0.25) is 0 Å². The monoisotopic (exact) mass is 270 g/mol. The molecule has 1 saturated carbocycles. The maximum absolute atomic E-state index is 12.3. The van der Waals surface area contributed by atoms with E-state index in [1.165, 1.54) is 19.3 Å². The molecule has 1 aliphatic heterocycles. The maximum Gasteiger partial charge on any atom is 0.237 e. The summed E-state index contributed by atoms with van der Waals surface area (Å²) in [6.07, 6.45) is 5.93. The summed E-state index contributed by atoms with van der Waals surface area (Å²) in [7, 11) is 0. The fourth-order valence-electron chi connectivity index (χ4n) is 3.05. The quantitative estimate of drug-likeness (QED) is 0.782. The second-order valence-corrected chi connectivity index (χ2v) is 5.67. The minimum absolute atomic E-state index is 0.0427. The molecule has 5 nitrogen and oxygen atoms in total.